The first-order valence-electron chi connectivity index (χ1n) is 9.00. The first-order valence-corrected chi connectivity index (χ1v) is 9.00. The number of carbonyl (C=O) groups is 2. The van der Waals surface area contributed by atoms with Crippen LogP contribution in [0.1, 0.15) is 41.9 Å². The molecule has 0 aliphatic carbocycles. The Morgan fingerprint density at radius 2 is 1.88 bits per heavy atom. The topological polar surface area (TPSA) is 67.2 Å². The van der Waals surface area contributed by atoms with Gasteiger partial charge < -0.3 is 10.2 Å². The molecule has 0 radical (unpaired) electrons. The Kier molecular flexibility index (Phi) is 4.85. The van der Waals surface area contributed by atoms with Crippen LogP contribution in [-0.4, -0.2) is 33.5 Å². The highest BCUT2D eigenvalue weighted by atomic mass is 16.2. The molecule has 26 heavy (non-hydrogen) atoms. The van der Waals surface area contributed by atoms with Gasteiger partial charge in [0.05, 0.1) is 29.0 Å². The molecule has 6 heteroatoms. The highest BCUT2D eigenvalue weighted by molar-refractivity contribution is 5.98. The van der Waals surface area contributed by atoms with Gasteiger partial charge >= 0.3 is 0 Å². The Balaban J connectivity index is 1.88. The Bertz CT molecular complexity index is 838. The lowest BCUT2D eigenvalue weighted by Gasteiger charge is -2.25. The molecule has 0 saturated carbocycles. The van der Waals surface area contributed by atoms with Crippen LogP contribution in [0.15, 0.2) is 24.3 Å². The Morgan fingerprint density at radius 1 is 1.23 bits per heavy atom. The maximum Gasteiger partial charge on any atom is 0.230 e. The number of benzene rings is 1. The second kappa shape index (κ2) is 6.94. The van der Waals surface area contributed by atoms with E-state index >= 15 is 0 Å². The van der Waals surface area contributed by atoms with Crippen molar-refractivity contribution >= 4 is 17.5 Å². The normalized spacial score (nSPS) is 19.9. The number of hydrogen-bond acceptors (Lipinski definition) is 3. The summed E-state index contributed by atoms with van der Waals surface area (Å²) >= 11 is 0. The molecule has 1 aliphatic rings. The molecule has 1 N–H and O–H groups in total. The maximum absolute atomic E-state index is 13.0. The van der Waals surface area contributed by atoms with E-state index in [2.05, 4.69) is 10.4 Å². The molecule has 1 aromatic carbocycles. The quantitative estimate of drug-likeness (QED) is 0.918. The molecule has 2 aromatic rings. The molecule has 138 valence electrons. The number of anilines is 1. The van der Waals surface area contributed by atoms with Crippen LogP contribution in [0, 0.1) is 26.7 Å². The van der Waals surface area contributed by atoms with Crippen molar-refractivity contribution in [3.8, 4) is 0 Å². The zero-order valence-electron chi connectivity index (χ0n) is 16.0. The van der Waals surface area contributed by atoms with Crippen LogP contribution in [0.4, 0.5) is 5.69 Å². The van der Waals surface area contributed by atoms with Crippen LogP contribution in [-0.2, 0) is 16.1 Å². The predicted molar refractivity (Wildman–Crippen MR) is 101 cm³/mol. The zero-order chi connectivity index (χ0) is 19.0. The van der Waals surface area contributed by atoms with Crippen molar-refractivity contribution < 1.29 is 9.59 Å². The van der Waals surface area contributed by atoms with Crippen molar-refractivity contribution in [2.75, 3.05) is 12.4 Å². The molecule has 3 rings (SSSR count). The molecule has 1 fully saturated rings. The molecule has 1 aromatic heterocycles. The fraction of sp³-hybridized carbons (Fsp3) is 0.450. The van der Waals surface area contributed by atoms with Gasteiger partial charge in [-0.05, 0) is 33.3 Å². The van der Waals surface area contributed by atoms with Gasteiger partial charge in [0.15, 0.2) is 0 Å². The molecule has 2 heterocycles. The largest absolute Gasteiger partial charge is 0.338 e. The summed E-state index contributed by atoms with van der Waals surface area (Å²) in [6, 6.07) is 7.79. The molecule has 0 unspecified atom stereocenters. The van der Waals surface area contributed by atoms with Gasteiger partial charge in [0.2, 0.25) is 11.8 Å². The average molecular weight is 354 g/mol. The molecular weight excluding hydrogens is 328 g/mol. The van der Waals surface area contributed by atoms with Crippen molar-refractivity contribution in [3.05, 3.63) is 46.8 Å². The minimum atomic E-state index is -0.418. The lowest BCUT2D eigenvalue weighted by atomic mass is 9.92. The highest BCUT2D eigenvalue weighted by Gasteiger charge is 2.42. The van der Waals surface area contributed by atoms with Gasteiger partial charge in [-0.25, -0.2) is 0 Å². The highest BCUT2D eigenvalue weighted by Crippen LogP contribution is 2.38. The molecule has 1 aliphatic heterocycles. The zero-order valence-corrected chi connectivity index (χ0v) is 16.0. The van der Waals surface area contributed by atoms with Crippen molar-refractivity contribution in [1.82, 2.24) is 14.7 Å². The van der Waals surface area contributed by atoms with E-state index in [4.69, 9.17) is 0 Å². The first kappa shape index (κ1) is 18.2. The van der Waals surface area contributed by atoms with Crippen LogP contribution >= 0.6 is 0 Å². The van der Waals surface area contributed by atoms with E-state index in [9.17, 15) is 9.59 Å². The number of aromatic nitrogens is 2. The Labute approximate surface area is 154 Å². The molecule has 6 nitrogen and oxygen atoms in total. The second-order valence-corrected chi connectivity index (χ2v) is 7.02. The van der Waals surface area contributed by atoms with Crippen LogP contribution in [0.2, 0.25) is 0 Å². The average Bonchev–Trinajstić information content (AvgIpc) is 3.06. The minimum Gasteiger partial charge on any atom is -0.338 e. The third kappa shape index (κ3) is 3.11. The molecule has 1 saturated heterocycles. The summed E-state index contributed by atoms with van der Waals surface area (Å²) in [6.45, 7) is 8.62. The van der Waals surface area contributed by atoms with E-state index in [-0.39, 0.29) is 24.3 Å². The summed E-state index contributed by atoms with van der Waals surface area (Å²) in [4.78, 5) is 27.0. The van der Waals surface area contributed by atoms with Crippen LogP contribution in [0.3, 0.4) is 0 Å². The maximum atomic E-state index is 13.0. The fourth-order valence-electron chi connectivity index (χ4n) is 3.73. The minimum absolute atomic E-state index is 0.00609. The van der Waals surface area contributed by atoms with E-state index < -0.39 is 5.92 Å². The number of rotatable bonds is 4. The number of nitrogens with one attached hydrogen (secondary N) is 1. The van der Waals surface area contributed by atoms with Gasteiger partial charge in [-0.3, -0.25) is 14.3 Å². The van der Waals surface area contributed by atoms with Crippen LogP contribution in [0.25, 0.3) is 0 Å². The number of aryl methyl sites for hydroxylation is 3. The van der Waals surface area contributed by atoms with Crippen LogP contribution in [0.5, 0.6) is 0 Å². The SMILES string of the molecule is CCn1nc(C)c(NC(=O)[C@@H]2CC(=O)N(C)[C@@H]2c2ccc(C)cc2)c1C. The third-order valence-corrected chi connectivity index (χ3v) is 5.27. The van der Waals surface area contributed by atoms with E-state index in [1.165, 1.54) is 0 Å². The predicted octanol–water partition coefficient (Wildman–Crippen LogP) is 2.99. The van der Waals surface area contributed by atoms with Gasteiger partial charge in [0.25, 0.3) is 0 Å². The Hall–Kier alpha value is -2.63. The van der Waals surface area contributed by atoms with Gasteiger partial charge in [0.1, 0.15) is 0 Å². The summed E-state index contributed by atoms with van der Waals surface area (Å²) in [6.07, 6.45) is 0.223. The Morgan fingerprint density at radius 3 is 2.46 bits per heavy atom. The molecule has 0 spiro atoms. The first-order chi connectivity index (χ1) is 12.3. The van der Waals surface area contributed by atoms with Crippen LogP contribution < -0.4 is 5.32 Å². The molecule has 2 amide bonds. The monoisotopic (exact) mass is 354 g/mol. The van der Waals surface area contributed by atoms with Crippen molar-refractivity contribution in [1.29, 1.82) is 0 Å². The van der Waals surface area contributed by atoms with Gasteiger partial charge in [-0.1, -0.05) is 29.8 Å². The number of amides is 2. The van der Waals surface area contributed by atoms with Crippen molar-refractivity contribution in [3.63, 3.8) is 0 Å². The van der Waals surface area contributed by atoms with E-state index in [1.54, 1.807) is 11.9 Å². The van der Waals surface area contributed by atoms with Crippen molar-refractivity contribution in [2.24, 2.45) is 5.92 Å². The van der Waals surface area contributed by atoms with Gasteiger partial charge in [-0.15, -0.1) is 0 Å². The second-order valence-electron chi connectivity index (χ2n) is 7.02. The van der Waals surface area contributed by atoms with Crippen molar-refractivity contribution in [2.45, 2.75) is 46.7 Å². The number of nitrogens with zero attached hydrogens (tertiary/aromatic N) is 3. The summed E-state index contributed by atoms with van der Waals surface area (Å²) < 4.78 is 1.87. The summed E-state index contributed by atoms with van der Waals surface area (Å²) in [5, 5.41) is 7.48. The summed E-state index contributed by atoms with van der Waals surface area (Å²) in [5.74, 6) is -0.553. The van der Waals surface area contributed by atoms with E-state index in [1.807, 2.05) is 56.6 Å². The molecule has 2 atom stereocenters. The summed E-state index contributed by atoms with van der Waals surface area (Å²) in [7, 11) is 1.77. The molecular formula is C20H26N4O2. The molecule has 0 bridgehead atoms. The summed E-state index contributed by atoms with van der Waals surface area (Å²) in [5.41, 5.74) is 4.62. The lowest BCUT2D eigenvalue weighted by molar-refractivity contribution is -0.127. The number of likely N-dealkylation sites (tertiary alicyclic amines) is 1. The standard InChI is InChI=1S/C20H26N4O2/c1-6-24-14(4)18(13(3)22-24)21-20(26)16-11-17(25)23(5)19(16)15-9-7-12(2)8-10-15/h7-10,16,19H,6,11H2,1-5H3,(H,21,26)/t16-,19-/m1/s1. The number of carbonyl (C=O) groups excluding carboxylic acids is 2. The lowest BCUT2D eigenvalue weighted by Crippen LogP contribution is -2.30. The third-order valence-electron chi connectivity index (χ3n) is 5.27. The fourth-order valence-corrected chi connectivity index (χ4v) is 3.73. The van der Waals surface area contributed by atoms with E-state index in [0.29, 0.717) is 0 Å². The van der Waals surface area contributed by atoms with Gasteiger partial charge in [-0.2, -0.15) is 5.10 Å². The van der Waals surface area contributed by atoms with E-state index in [0.717, 1.165) is 34.7 Å². The van der Waals surface area contributed by atoms with Gasteiger partial charge in [0, 0.05) is 20.0 Å². The number of hydrogen-bond donors (Lipinski definition) is 1. The smallest absolute Gasteiger partial charge is 0.230 e.